The summed E-state index contributed by atoms with van der Waals surface area (Å²) in [5.74, 6) is -3.09. The van der Waals surface area contributed by atoms with Crippen LogP contribution in [0.4, 0.5) is 13.2 Å². The van der Waals surface area contributed by atoms with E-state index < -0.39 is 17.5 Å². The molecule has 0 unspecified atom stereocenters. The van der Waals surface area contributed by atoms with Gasteiger partial charge >= 0.3 is 0 Å². The number of halogens is 4. The molecule has 0 spiro atoms. The quantitative estimate of drug-likeness (QED) is 0.680. The Balaban J connectivity index is 0.00000338. The largest absolute Gasteiger partial charge is 0.340 e. The maximum Gasteiger partial charge on any atom is 0.222 e. The molecule has 1 aromatic carbocycles. The average Bonchev–Trinajstić information content (AvgIpc) is 2.63. The van der Waals surface area contributed by atoms with Gasteiger partial charge in [0, 0.05) is 44.2 Å². The fourth-order valence-corrected chi connectivity index (χ4v) is 3.46. The van der Waals surface area contributed by atoms with Crippen LogP contribution in [-0.4, -0.2) is 47.9 Å². The number of benzene rings is 1. The van der Waals surface area contributed by atoms with Crippen LogP contribution in [0.1, 0.15) is 44.2 Å². The van der Waals surface area contributed by atoms with Crippen molar-refractivity contribution < 1.29 is 18.0 Å². The summed E-state index contributed by atoms with van der Waals surface area (Å²) < 4.78 is 41.1. The van der Waals surface area contributed by atoms with Gasteiger partial charge in [-0.1, -0.05) is 13.8 Å². The standard InChI is InChI=1S/C19H27F3N2O.ClH/c1-4-15(5-2)23-8-10-24(11-9-23)17(25)7-6-14-12-16(20)13(3)18(21)19(14)22;/h12,15H,4-11H2,1-3H3;1H. The molecule has 1 fully saturated rings. The van der Waals surface area contributed by atoms with Crippen molar-refractivity contribution in [3.05, 3.63) is 34.6 Å². The van der Waals surface area contributed by atoms with Crippen molar-refractivity contribution in [2.45, 2.75) is 52.5 Å². The topological polar surface area (TPSA) is 23.6 Å². The first-order valence-corrected chi connectivity index (χ1v) is 9.03. The smallest absolute Gasteiger partial charge is 0.222 e. The Hall–Kier alpha value is -1.27. The highest BCUT2D eigenvalue weighted by Gasteiger charge is 2.25. The lowest BCUT2D eigenvalue weighted by Gasteiger charge is -2.39. The molecule has 1 amide bonds. The number of hydrogen-bond acceptors (Lipinski definition) is 2. The molecule has 3 nitrogen and oxygen atoms in total. The maximum absolute atomic E-state index is 13.9. The third kappa shape index (κ3) is 5.13. The van der Waals surface area contributed by atoms with Gasteiger partial charge in [0.05, 0.1) is 0 Å². The highest BCUT2D eigenvalue weighted by Crippen LogP contribution is 2.21. The van der Waals surface area contributed by atoms with Crippen molar-refractivity contribution in [3.63, 3.8) is 0 Å². The maximum atomic E-state index is 13.9. The van der Waals surface area contributed by atoms with E-state index in [1.807, 2.05) is 0 Å². The van der Waals surface area contributed by atoms with E-state index in [1.165, 1.54) is 6.92 Å². The summed E-state index contributed by atoms with van der Waals surface area (Å²) in [6.45, 7) is 8.49. The number of amides is 1. The Labute approximate surface area is 160 Å². The summed E-state index contributed by atoms with van der Waals surface area (Å²) in [7, 11) is 0. The molecular formula is C19H28ClF3N2O. The summed E-state index contributed by atoms with van der Waals surface area (Å²) in [5.41, 5.74) is -0.408. The molecule has 0 bridgehead atoms. The van der Waals surface area contributed by atoms with E-state index >= 15 is 0 Å². The molecule has 0 aliphatic carbocycles. The summed E-state index contributed by atoms with van der Waals surface area (Å²) in [4.78, 5) is 16.5. The van der Waals surface area contributed by atoms with Gasteiger partial charge in [-0.25, -0.2) is 13.2 Å². The highest BCUT2D eigenvalue weighted by molar-refractivity contribution is 5.85. The van der Waals surface area contributed by atoms with Crippen molar-refractivity contribution >= 4 is 18.3 Å². The van der Waals surface area contributed by atoms with Crippen LogP contribution in [0.15, 0.2) is 6.07 Å². The molecule has 0 atom stereocenters. The van der Waals surface area contributed by atoms with Crippen LogP contribution >= 0.6 is 12.4 Å². The van der Waals surface area contributed by atoms with E-state index in [4.69, 9.17) is 0 Å². The lowest BCUT2D eigenvalue weighted by atomic mass is 10.0. The second-order valence-corrected chi connectivity index (χ2v) is 6.66. The predicted molar refractivity (Wildman–Crippen MR) is 99.1 cm³/mol. The van der Waals surface area contributed by atoms with E-state index in [2.05, 4.69) is 18.7 Å². The molecule has 148 valence electrons. The van der Waals surface area contributed by atoms with Crippen LogP contribution in [0.2, 0.25) is 0 Å². The van der Waals surface area contributed by atoms with Gasteiger partial charge in [-0.15, -0.1) is 12.4 Å². The van der Waals surface area contributed by atoms with Crippen molar-refractivity contribution in [1.29, 1.82) is 0 Å². The van der Waals surface area contributed by atoms with Crippen LogP contribution in [0.3, 0.4) is 0 Å². The first kappa shape index (κ1) is 22.8. The van der Waals surface area contributed by atoms with E-state index in [0.717, 1.165) is 32.0 Å². The van der Waals surface area contributed by atoms with E-state index in [9.17, 15) is 18.0 Å². The number of nitrogens with zero attached hydrogens (tertiary/aromatic N) is 2. The fourth-order valence-electron chi connectivity index (χ4n) is 3.46. The molecule has 7 heteroatoms. The normalized spacial score (nSPS) is 15.3. The summed E-state index contributed by atoms with van der Waals surface area (Å²) in [5, 5.41) is 0. The van der Waals surface area contributed by atoms with Gasteiger partial charge in [-0.3, -0.25) is 9.69 Å². The molecule has 2 rings (SSSR count). The molecule has 0 radical (unpaired) electrons. The summed E-state index contributed by atoms with van der Waals surface area (Å²) >= 11 is 0. The van der Waals surface area contributed by atoms with Gasteiger partial charge < -0.3 is 4.90 Å². The van der Waals surface area contributed by atoms with Crippen molar-refractivity contribution in [2.24, 2.45) is 0 Å². The lowest BCUT2D eigenvalue weighted by molar-refractivity contribution is -0.133. The minimum Gasteiger partial charge on any atom is -0.340 e. The molecule has 1 aromatic rings. The minimum atomic E-state index is -1.17. The van der Waals surface area contributed by atoms with E-state index in [0.29, 0.717) is 19.1 Å². The third-order valence-corrected chi connectivity index (χ3v) is 5.20. The predicted octanol–water partition coefficient (Wildman–Crippen LogP) is 4.10. The molecule has 1 saturated heterocycles. The van der Waals surface area contributed by atoms with E-state index in [-0.39, 0.29) is 42.3 Å². The zero-order valence-electron chi connectivity index (χ0n) is 15.7. The minimum absolute atomic E-state index is 0. The monoisotopic (exact) mass is 392 g/mol. The van der Waals surface area contributed by atoms with Crippen molar-refractivity contribution in [1.82, 2.24) is 9.80 Å². The molecule has 1 aliphatic rings. The molecule has 0 N–H and O–H groups in total. The van der Waals surface area contributed by atoms with Crippen molar-refractivity contribution in [3.8, 4) is 0 Å². The van der Waals surface area contributed by atoms with E-state index in [1.54, 1.807) is 4.90 Å². The fraction of sp³-hybridized carbons (Fsp3) is 0.632. The van der Waals surface area contributed by atoms with Gasteiger partial charge in [-0.05, 0) is 37.8 Å². The van der Waals surface area contributed by atoms with Crippen LogP contribution in [0.25, 0.3) is 0 Å². The number of rotatable bonds is 6. The molecular weight excluding hydrogens is 365 g/mol. The highest BCUT2D eigenvalue weighted by atomic mass is 35.5. The molecule has 26 heavy (non-hydrogen) atoms. The van der Waals surface area contributed by atoms with Gasteiger partial charge in [0.15, 0.2) is 11.6 Å². The van der Waals surface area contributed by atoms with Crippen LogP contribution < -0.4 is 0 Å². The first-order valence-electron chi connectivity index (χ1n) is 9.03. The van der Waals surface area contributed by atoms with Crippen LogP contribution in [-0.2, 0) is 11.2 Å². The zero-order valence-corrected chi connectivity index (χ0v) is 16.5. The van der Waals surface area contributed by atoms with Gasteiger partial charge in [0.25, 0.3) is 0 Å². The van der Waals surface area contributed by atoms with Crippen LogP contribution in [0, 0.1) is 24.4 Å². The van der Waals surface area contributed by atoms with Gasteiger partial charge in [-0.2, -0.15) is 0 Å². The SMILES string of the molecule is CCC(CC)N1CCN(C(=O)CCc2cc(F)c(C)c(F)c2F)CC1.Cl. The molecule has 0 saturated carbocycles. The molecule has 1 aliphatic heterocycles. The number of piperazine rings is 1. The average molecular weight is 393 g/mol. The Morgan fingerprint density at radius 1 is 1.08 bits per heavy atom. The number of carbonyl (C=O) groups is 1. The Morgan fingerprint density at radius 3 is 2.19 bits per heavy atom. The lowest BCUT2D eigenvalue weighted by Crippen LogP contribution is -2.51. The summed E-state index contributed by atoms with van der Waals surface area (Å²) in [6, 6.07) is 1.54. The Bertz CT molecular complexity index is 615. The second kappa shape index (κ2) is 10.2. The number of aryl methyl sites for hydroxylation is 1. The molecule has 0 aromatic heterocycles. The van der Waals surface area contributed by atoms with Gasteiger partial charge in [0.1, 0.15) is 5.82 Å². The Kier molecular flexibility index (Phi) is 8.90. The first-order chi connectivity index (χ1) is 11.9. The third-order valence-electron chi connectivity index (χ3n) is 5.20. The second-order valence-electron chi connectivity index (χ2n) is 6.66. The van der Waals surface area contributed by atoms with Gasteiger partial charge in [0.2, 0.25) is 5.91 Å². The Morgan fingerprint density at radius 2 is 1.65 bits per heavy atom. The van der Waals surface area contributed by atoms with Crippen molar-refractivity contribution in [2.75, 3.05) is 26.2 Å². The zero-order chi connectivity index (χ0) is 18.6. The number of hydrogen-bond donors (Lipinski definition) is 0. The number of carbonyl (C=O) groups excluding carboxylic acids is 1. The molecule has 1 heterocycles. The van der Waals surface area contributed by atoms with Crippen LogP contribution in [0.5, 0.6) is 0 Å². The summed E-state index contributed by atoms with van der Waals surface area (Å²) in [6.07, 6.45) is 2.25.